The van der Waals surface area contributed by atoms with Crippen LogP contribution in [0, 0.1) is 11.2 Å². The van der Waals surface area contributed by atoms with E-state index in [4.69, 9.17) is 4.98 Å². The predicted octanol–water partition coefficient (Wildman–Crippen LogP) is 2.84. The average Bonchev–Trinajstić information content (AvgIpc) is 3.24. The third-order valence-electron chi connectivity index (χ3n) is 6.78. The minimum atomic E-state index is -0.911. The van der Waals surface area contributed by atoms with E-state index in [-0.39, 0.29) is 11.3 Å². The van der Waals surface area contributed by atoms with Gasteiger partial charge in [0.2, 0.25) is 5.91 Å². The molecule has 2 saturated heterocycles. The molecule has 1 spiro atoms. The van der Waals surface area contributed by atoms with Gasteiger partial charge in [0, 0.05) is 63.0 Å². The summed E-state index contributed by atoms with van der Waals surface area (Å²) < 4.78 is 15.4. The molecule has 0 aliphatic carbocycles. The Labute approximate surface area is 209 Å². The van der Waals surface area contributed by atoms with Crippen molar-refractivity contribution in [3.63, 3.8) is 0 Å². The largest absolute Gasteiger partial charge is 0.389 e. The van der Waals surface area contributed by atoms with E-state index in [1.165, 1.54) is 18.3 Å². The minimum absolute atomic E-state index is 0.133. The molecule has 11 heteroatoms. The summed E-state index contributed by atoms with van der Waals surface area (Å²) in [6.07, 6.45) is 6.82. The van der Waals surface area contributed by atoms with Gasteiger partial charge in [-0.2, -0.15) is 5.10 Å². The standard InChI is InChI=1S/C25H31FN8O2/c1-17(35)32-8-5-25(6-9-32)15-33(16-25)22-11-21(29-20-10-19(26)4-7-27-20)30-23(31-22)18-12-28-34(13-18)14-24(2,3)36/h4,7,10-13,36H,5-6,8-9,14-16H2,1-3H3,(H,27,29,30,31). The van der Waals surface area contributed by atoms with Gasteiger partial charge < -0.3 is 20.2 Å². The maximum Gasteiger partial charge on any atom is 0.219 e. The van der Waals surface area contributed by atoms with Gasteiger partial charge >= 0.3 is 0 Å². The second-order valence-corrected chi connectivity index (χ2v) is 10.5. The van der Waals surface area contributed by atoms with Crippen molar-refractivity contribution in [2.24, 2.45) is 5.41 Å². The Hall–Kier alpha value is -3.60. The Bertz CT molecular complexity index is 1250. The lowest BCUT2D eigenvalue weighted by molar-refractivity contribution is -0.131. The number of carbonyl (C=O) groups is 1. The number of hydrogen-bond acceptors (Lipinski definition) is 8. The van der Waals surface area contributed by atoms with Gasteiger partial charge in [-0.3, -0.25) is 9.48 Å². The Kier molecular flexibility index (Phi) is 6.11. The van der Waals surface area contributed by atoms with Crippen LogP contribution in [0.5, 0.6) is 0 Å². The molecule has 0 unspecified atom stereocenters. The van der Waals surface area contributed by atoms with E-state index in [2.05, 4.69) is 25.3 Å². The number of nitrogens with zero attached hydrogens (tertiary/aromatic N) is 7. The smallest absolute Gasteiger partial charge is 0.219 e. The monoisotopic (exact) mass is 494 g/mol. The number of rotatable bonds is 6. The third kappa shape index (κ3) is 5.30. The van der Waals surface area contributed by atoms with Crippen molar-refractivity contribution in [3.05, 3.63) is 42.6 Å². The molecule has 0 radical (unpaired) electrons. The number of aliphatic hydroxyl groups is 1. The topological polar surface area (TPSA) is 112 Å². The van der Waals surface area contributed by atoms with E-state index in [0.29, 0.717) is 29.6 Å². The lowest BCUT2D eigenvalue weighted by atomic mass is 9.72. The first-order valence-electron chi connectivity index (χ1n) is 12.1. The number of aromatic nitrogens is 5. The first kappa shape index (κ1) is 24.1. The van der Waals surface area contributed by atoms with Crippen LogP contribution in [0.2, 0.25) is 0 Å². The van der Waals surface area contributed by atoms with E-state index in [1.807, 2.05) is 11.0 Å². The van der Waals surface area contributed by atoms with E-state index in [1.54, 1.807) is 37.8 Å². The fraction of sp³-hybridized carbons (Fsp3) is 0.480. The van der Waals surface area contributed by atoms with E-state index < -0.39 is 11.4 Å². The van der Waals surface area contributed by atoms with Crippen LogP contribution in [0.3, 0.4) is 0 Å². The average molecular weight is 495 g/mol. The molecule has 3 aromatic heterocycles. The normalized spacial score (nSPS) is 17.2. The molecule has 5 rings (SSSR count). The summed E-state index contributed by atoms with van der Waals surface area (Å²) in [6.45, 7) is 8.68. The third-order valence-corrected chi connectivity index (χ3v) is 6.78. The van der Waals surface area contributed by atoms with Crippen LogP contribution >= 0.6 is 0 Å². The SMILES string of the molecule is CC(=O)N1CCC2(CC1)CN(c1cc(Nc3cc(F)ccn3)nc(-c3cnn(CC(C)(C)O)c3)n1)C2. The summed E-state index contributed by atoms with van der Waals surface area (Å²) in [5.41, 5.74) is -0.0146. The van der Waals surface area contributed by atoms with E-state index in [0.717, 1.165) is 44.8 Å². The number of piperidine rings is 1. The summed E-state index contributed by atoms with van der Waals surface area (Å²) in [7, 11) is 0. The van der Waals surface area contributed by atoms with Crippen LogP contribution in [-0.2, 0) is 11.3 Å². The molecule has 2 fully saturated rings. The summed E-state index contributed by atoms with van der Waals surface area (Å²) in [4.78, 5) is 29.5. The first-order valence-corrected chi connectivity index (χ1v) is 12.1. The van der Waals surface area contributed by atoms with Gasteiger partial charge in [-0.15, -0.1) is 0 Å². The molecule has 2 aliphatic heterocycles. The van der Waals surface area contributed by atoms with Gasteiger partial charge in [0.25, 0.3) is 0 Å². The highest BCUT2D eigenvalue weighted by atomic mass is 19.1. The number of anilines is 3. The van der Waals surface area contributed by atoms with Gasteiger partial charge in [-0.1, -0.05) is 0 Å². The van der Waals surface area contributed by atoms with E-state index >= 15 is 0 Å². The molecule has 1 amide bonds. The quantitative estimate of drug-likeness (QED) is 0.538. The molecule has 0 bridgehead atoms. The molecule has 0 saturated carbocycles. The van der Waals surface area contributed by atoms with Crippen LogP contribution < -0.4 is 10.2 Å². The zero-order valence-corrected chi connectivity index (χ0v) is 20.8. The van der Waals surface area contributed by atoms with Gasteiger partial charge in [-0.05, 0) is 32.8 Å². The van der Waals surface area contributed by atoms with Crippen molar-refractivity contribution in [1.82, 2.24) is 29.6 Å². The van der Waals surface area contributed by atoms with Crippen molar-refractivity contribution in [2.75, 3.05) is 36.4 Å². The van der Waals surface area contributed by atoms with Crippen molar-refractivity contribution in [3.8, 4) is 11.4 Å². The van der Waals surface area contributed by atoms with Crippen LogP contribution in [0.15, 0.2) is 36.8 Å². The molecule has 0 atom stereocenters. The first-order chi connectivity index (χ1) is 17.1. The van der Waals surface area contributed by atoms with Gasteiger partial charge in [0.1, 0.15) is 23.3 Å². The maximum absolute atomic E-state index is 13.7. The number of carbonyl (C=O) groups excluding carboxylic acids is 1. The molecule has 0 aromatic carbocycles. The summed E-state index contributed by atoms with van der Waals surface area (Å²) in [5.74, 6) is 1.81. The number of pyridine rings is 1. The number of amides is 1. The van der Waals surface area contributed by atoms with Crippen LogP contribution in [0.25, 0.3) is 11.4 Å². The number of hydrogen-bond donors (Lipinski definition) is 2. The second-order valence-electron chi connectivity index (χ2n) is 10.5. The van der Waals surface area contributed by atoms with Crippen LogP contribution in [-0.4, -0.2) is 72.4 Å². The molecule has 190 valence electrons. The fourth-order valence-electron chi connectivity index (χ4n) is 4.89. The molecular formula is C25H31FN8O2. The highest BCUT2D eigenvalue weighted by Gasteiger charge is 2.45. The maximum atomic E-state index is 13.7. The Balaban J connectivity index is 1.40. The molecule has 3 aromatic rings. The van der Waals surface area contributed by atoms with Crippen molar-refractivity contribution >= 4 is 23.4 Å². The van der Waals surface area contributed by atoms with Gasteiger partial charge in [-0.25, -0.2) is 19.3 Å². The minimum Gasteiger partial charge on any atom is -0.389 e. The zero-order valence-electron chi connectivity index (χ0n) is 20.8. The molecule has 36 heavy (non-hydrogen) atoms. The van der Waals surface area contributed by atoms with Gasteiger partial charge in [0.05, 0.1) is 23.9 Å². The summed E-state index contributed by atoms with van der Waals surface area (Å²) >= 11 is 0. The van der Waals surface area contributed by atoms with Crippen LogP contribution in [0.1, 0.15) is 33.6 Å². The number of likely N-dealkylation sites (tertiary alicyclic amines) is 1. The zero-order chi connectivity index (χ0) is 25.5. The Morgan fingerprint density at radius 3 is 2.61 bits per heavy atom. The summed E-state index contributed by atoms with van der Waals surface area (Å²) in [6, 6.07) is 4.44. The lowest BCUT2D eigenvalue weighted by Crippen LogP contribution is -2.61. The fourth-order valence-corrected chi connectivity index (χ4v) is 4.89. The highest BCUT2D eigenvalue weighted by molar-refractivity contribution is 5.73. The van der Waals surface area contributed by atoms with Gasteiger partial charge in [0.15, 0.2) is 5.82 Å². The van der Waals surface area contributed by atoms with Crippen molar-refractivity contribution in [1.29, 1.82) is 0 Å². The molecule has 2 N–H and O–H groups in total. The van der Waals surface area contributed by atoms with Crippen molar-refractivity contribution < 1.29 is 14.3 Å². The number of nitrogens with one attached hydrogen (secondary N) is 1. The second kappa shape index (κ2) is 9.12. The highest BCUT2D eigenvalue weighted by Crippen LogP contribution is 2.42. The number of halogens is 1. The summed E-state index contributed by atoms with van der Waals surface area (Å²) in [5, 5.41) is 17.6. The molecule has 5 heterocycles. The van der Waals surface area contributed by atoms with E-state index in [9.17, 15) is 14.3 Å². The lowest BCUT2D eigenvalue weighted by Gasteiger charge is -2.54. The predicted molar refractivity (Wildman–Crippen MR) is 133 cm³/mol. The Morgan fingerprint density at radius 2 is 1.94 bits per heavy atom. The van der Waals surface area contributed by atoms with Crippen LogP contribution in [0.4, 0.5) is 21.8 Å². The molecule has 10 nitrogen and oxygen atoms in total. The molecular weight excluding hydrogens is 463 g/mol. The van der Waals surface area contributed by atoms with Crippen molar-refractivity contribution in [2.45, 2.75) is 45.8 Å². The molecule has 2 aliphatic rings. The Morgan fingerprint density at radius 1 is 1.19 bits per heavy atom.